The molecule has 2 rings (SSSR count). The van der Waals surface area contributed by atoms with Gasteiger partial charge in [-0.25, -0.2) is 0 Å². The van der Waals surface area contributed by atoms with E-state index in [0.29, 0.717) is 5.60 Å². The summed E-state index contributed by atoms with van der Waals surface area (Å²) < 4.78 is 5.71. The number of rotatable bonds is 8. The Hall–Kier alpha value is 0.0500. The minimum atomic E-state index is 0.298. The first kappa shape index (κ1) is 15.4. The van der Waals surface area contributed by atoms with Gasteiger partial charge in [-0.2, -0.15) is 0 Å². The van der Waals surface area contributed by atoms with Crippen molar-refractivity contribution in [2.75, 3.05) is 26.3 Å². The van der Waals surface area contributed by atoms with E-state index in [4.69, 9.17) is 4.74 Å². The first-order valence-electron chi connectivity index (χ1n) is 7.81. The van der Waals surface area contributed by atoms with Gasteiger partial charge in [-0.15, -0.1) is 0 Å². The quantitative estimate of drug-likeness (QED) is 0.549. The number of aliphatic hydroxyl groups is 1. The minimum absolute atomic E-state index is 0.298. The summed E-state index contributed by atoms with van der Waals surface area (Å²) in [6, 6.07) is 0. The van der Waals surface area contributed by atoms with Crippen LogP contribution in [0, 0.1) is 17.8 Å². The summed E-state index contributed by atoms with van der Waals surface area (Å²) in [6.45, 7) is 6.12. The fourth-order valence-electron chi connectivity index (χ4n) is 3.09. The lowest BCUT2D eigenvalue weighted by Crippen LogP contribution is -2.37. The van der Waals surface area contributed by atoms with Crippen LogP contribution in [0.15, 0.2) is 0 Å². The SMILES string of the molecule is CCCCOCC1CC1CC1CCN(C(O)=P)CC1. The maximum Gasteiger partial charge on any atom is 0.139 e. The topological polar surface area (TPSA) is 32.7 Å². The summed E-state index contributed by atoms with van der Waals surface area (Å²) >= 11 is 0. The fraction of sp³-hybridized carbons (Fsp3) is 0.933. The summed E-state index contributed by atoms with van der Waals surface area (Å²) in [5.41, 5.74) is 0.298. The fourth-order valence-corrected chi connectivity index (χ4v) is 3.32. The highest BCUT2D eigenvalue weighted by atomic mass is 31.0. The normalized spacial score (nSPS) is 28.5. The number of hydrogen-bond acceptors (Lipinski definition) is 1. The van der Waals surface area contributed by atoms with Gasteiger partial charge in [0.05, 0.1) is 0 Å². The van der Waals surface area contributed by atoms with E-state index >= 15 is 0 Å². The summed E-state index contributed by atoms with van der Waals surface area (Å²) in [5, 5.41) is 9.38. The molecule has 2 unspecified atom stereocenters. The minimum Gasteiger partial charge on any atom is -0.381 e. The van der Waals surface area contributed by atoms with Crippen molar-refractivity contribution >= 4 is 14.5 Å². The van der Waals surface area contributed by atoms with Crippen LogP contribution < -0.4 is 0 Å². The molecule has 4 heteroatoms. The van der Waals surface area contributed by atoms with Crippen LogP contribution in [0.5, 0.6) is 0 Å². The maximum absolute atomic E-state index is 9.38. The molecule has 0 amide bonds. The maximum atomic E-state index is 9.38. The molecular weight excluding hydrogens is 257 g/mol. The third-order valence-corrected chi connectivity index (χ3v) is 4.91. The van der Waals surface area contributed by atoms with Gasteiger partial charge in [-0.3, -0.25) is 4.90 Å². The second-order valence-electron chi connectivity index (χ2n) is 6.17. The van der Waals surface area contributed by atoms with Crippen LogP contribution in [-0.4, -0.2) is 41.9 Å². The highest BCUT2D eigenvalue weighted by Gasteiger charge is 2.38. The molecule has 1 saturated carbocycles. The van der Waals surface area contributed by atoms with Crippen molar-refractivity contribution in [1.82, 2.24) is 4.90 Å². The number of nitrogens with zero attached hydrogens (tertiary/aromatic N) is 1. The van der Waals surface area contributed by atoms with E-state index in [0.717, 1.165) is 44.1 Å². The number of likely N-dealkylation sites (tertiary alicyclic amines) is 1. The second kappa shape index (κ2) is 7.73. The highest BCUT2D eigenvalue weighted by Crippen LogP contribution is 2.44. The standard InChI is InChI=1S/C15H28NO2P/c1-2-3-8-18-11-14-10-13(14)9-12-4-6-16(7-5-12)15(17)19/h12-14,17,19H,2-11H2,1H3. The predicted octanol–water partition coefficient (Wildman–Crippen LogP) is 3.14. The third kappa shape index (κ3) is 5.15. The molecular formula is C15H28NO2P. The first-order chi connectivity index (χ1) is 9.20. The number of hydrogen-bond donors (Lipinski definition) is 1. The zero-order chi connectivity index (χ0) is 13.7. The largest absolute Gasteiger partial charge is 0.381 e. The van der Waals surface area contributed by atoms with Crippen molar-refractivity contribution in [2.45, 2.75) is 45.4 Å². The summed E-state index contributed by atoms with van der Waals surface area (Å²) in [7, 11) is 3.20. The average molecular weight is 285 g/mol. The van der Waals surface area contributed by atoms with E-state index in [1.807, 2.05) is 4.90 Å². The van der Waals surface area contributed by atoms with E-state index < -0.39 is 0 Å². The van der Waals surface area contributed by atoms with Crippen molar-refractivity contribution in [3.05, 3.63) is 0 Å². The van der Waals surface area contributed by atoms with Crippen LogP contribution >= 0.6 is 8.86 Å². The molecule has 0 radical (unpaired) electrons. The van der Waals surface area contributed by atoms with Gasteiger partial charge in [0.1, 0.15) is 5.60 Å². The van der Waals surface area contributed by atoms with Gasteiger partial charge in [0, 0.05) is 26.3 Å². The molecule has 1 heterocycles. The number of ether oxygens (including phenoxy) is 1. The van der Waals surface area contributed by atoms with Gasteiger partial charge < -0.3 is 9.84 Å². The van der Waals surface area contributed by atoms with Crippen molar-refractivity contribution in [2.24, 2.45) is 17.8 Å². The van der Waals surface area contributed by atoms with Gasteiger partial charge in [0.25, 0.3) is 0 Å². The Morgan fingerprint density at radius 2 is 2.05 bits per heavy atom. The molecule has 1 saturated heterocycles. The molecule has 0 spiro atoms. The molecule has 3 nitrogen and oxygen atoms in total. The average Bonchev–Trinajstić information content (AvgIpc) is 3.13. The van der Waals surface area contributed by atoms with Crippen molar-refractivity contribution in [1.29, 1.82) is 0 Å². The molecule has 2 aliphatic rings. The Labute approximate surface area is 119 Å². The Bertz CT molecular complexity index is 290. The Morgan fingerprint density at radius 3 is 2.68 bits per heavy atom. The lowest BCUT2D eigenvalue weighted by atomic mass is 9.91. The molecule has 1 aliphatic carbocycles. The van der Waals surface area contributed by atoms with E-state index in [1.54, 1.807) is 0 Å². The number of unbranched alkanes of at least 4 members (excludes halogenated alkanes) is 1. The van der Waals surface area contributed by atoms with Crippen LogP contribution in [0.25, 0.3) is 0 Å². The van der Waals surface area contributed by atoms with Crippen LogP contribution in [0.2, 0.25) is 0 Å². The van der Waals surface area contributed by atoms with Crippen molar-refractivity contribution in [3.63, 3.8) is 0 Å². The summed E-state index contributed by atoms with van der Waals surface area (Å²) in [4.78, 5) is 2.02. The van der Waals surface area contributed by atoms with E-state index in [9.17, 15) is 5.11 Å². The predicted molar refractivity (Wildman–Crippen MR) is 81.5 cm³/mol. The second-order valence-corrected chi connectivity index (χ2v) is 6.62. The van der Waals surface area contributed by atoms with E-state index in [-0.39, 0.29) is 0 Å². The van der Waals surface area contributed by atoms with Gasteiger partial charge in [0.2, 0.25) is 0 Å². The van der Waals surface area contributed by atoms with Crippen molar-refractivity contribution in [3.8, 4) is 0 Å². The molecule has 2 fully saturated rings. The molecule has 1 aliphatic heterocycles. The highest BCUT2D eigenvalue weighted by molar-refractivity contribution is 7.19. The first-order valence-corrected chi connectivity index (χ1v) is 8.31. The van der Waals surface area contributed by atoms with Crippen LogP contribution in [0.3, 0.4) is 0 Å². The number of aliphatic hydroxyl groups excluding tert-OH is 1. The third-order valence-electron chi connectivity index (χ3n) is 4.59. The van der Waals surface area contributed by atoms with E-state index in [2.05, 4.69) is 15.8 Å². The number of piperidine rings is 1. The summed E-state index contributed by atoms with van der Waals surface area (Å²) in [6.07, 6.45) is 7.61. The molecule has 1 N–H and O–H groups in total. The Morgan fingerprint density at radius 1 is 1.32 bits per heavy atom. The smallest absolute Gasteiger partial charge is 0.139 e. The molecule has 110 valence electrons. The van der Waals surface area contributed by atoms with Gasteiger partial charge in [-0.1, -0.05) is 22.2 Å². The van der Waals surface area contributed by atoms with E-state index in [1.165, 1.54) is 38.5 Å². The monoisotopic (exact) mass is 285 g/mol. The molecule has 0 bridgehead atoms. The lowest BCUT2D eigenvalue weighted by molar-refractivity contribution is 0.116. The lowest BCUT2D eigenvalue weighted by Gasteiger charge is -2.30. The molecule has 0 aromatic heterocycles. The molecule has 0 aromatic carbocycles. The zero-order valence-electron chi connectivity index (χ0n) is 12.1. The molecule has 19 heavy (non-hydrogen) atoms. The van der Waals surface area contributed by atoms with Crippen LogP contribution in [-0.2, 0) is 4.74 Å². The molecule has 0 aromatic rings. The Balaban J connectivity index is 1.54. The zero-order valence-corrected chi connectivity index (χ0v) is 13.1. The van der Waals surface area contributed by atoms with Crippen LogP contribution in [0.4, 0.5) is 0 Å². The van der Waals surface area contributed by atoms with Crippen LogP contribution in [0.1, 0.15) is 45.4 Å². The van der Waals surface area contributed by atoms with Gasteiger partial charge in [-0.05, 0) is 49.9 Å². The molecule has 2 atom stereocenters. The Kier molecular flexibility index (Phi) is 6.28. The summed E-state index contributed by atoms with van der Waals surface area (Å²) in [5.74, 6) is 2.61. The van der Waals surface area contributed by atoms with Crippen molar-refractivity contribution < 1.29 is 9.84 Å². The van der Waals surface area contributed by atoms with Gasteiger partial charge >= 0.3 is 0 Å². The van der Waals surface area contributed by atoms with Gasteiger partial charge in [0.15, 0.2) is 0 Å².